The lowest BCUT2D eigenvalue weighted by Gasteiger charge is -2.31. The van der Waals surface area contributed by atoms with Crippen LogP contribution in [-0.2, 0) is 6.54 Å². The van der Waals surface area contributed by atoms with E-state index in [0.29, 0.717) is 17.9 Å². The lowest BCUT2D eigenvalue weighted by molar-refractivity contribution is 0.0809. The maximum Gasteiger partial charge on any atom is 0.171 e. The van der Waals surface area contributed by atoms with Gasteiger partial charge in [0, 0.05) is 23.9 Å². The summed E-state index contributed by atoms with van der Waals surface area (Å²) in [6.45, 7) is 5.63. The molecule has 4 nitrogen and oxygen atoms in total. The van der Waals surface area contributed by atoms with E-state index in [9.17, 15) is 14.3 Å². The second-order valence-corrected chi connectivity index (χ2v) is 9.03. The second kappa shape index (κ2) is 9.08. The molecule has 3 rings (SSSR count). The summed E-state index contributed by atoms with van der Waals surface area (Å²) >= 11 is 1.60. The number of halogens is 1. The van der Waals surface area contributed by atoms with Crippen molar-refractivity contribution in [3.8, 4) is 17.6 Å². The molecule has 0 saturated carbocycles. The molecule has 1 fully saturated rings. The molecule has 2 heterocycles. The van der Waals surface area contributed by atoms with Gasteiger partial charge >= 0.3 is 0 Å². The molecular weight excluding hydrogens is 389 g/mol. The molecule has 0 radical (unpaired) electrons. The van der Waals surface area contributed by atoms with Crippen molar-refractivity contribution in [3.05, 3.63) is 51.5 Å². The summed E-state index contributed by atoms with van der Waals surface area (Å²) < 4.78 is 18.9. The van der Waals surface area contributed by atoms with Crippen molar-refractivity contribution in [1.82, 2.24) is 4.90 Å². The third-order valence-electron chi connectivity index (χ3n) is 4.84. The Kier molecular flexibility index (Phi) is 6.74. The second-order valence-electron chi connectivity index (χ2n) is 7.86. The van der Waals surface area contributed by atoms with Gasteiger partial charge in [0.2, 0.25) is 0 Å². The van der Waals surface area contributed by atoms with Crippen LogP contribution >= 0.6 is 11.3 Å². The van der Waals surface area contributed by atoms with Crippen LogP contribution in [0.4, 0.5) is 4.39 Å². The third-order valence-corrected chi connectivity index (χ3v) is 5.82. The lowest BCUT2D eigenvalue weighted by atomic mass is 9.89. The number of piperidine rings is 1. The van der Waals surface area contributed by atoms with Crippen LogP contribution in [0.2, 0.25) is 0 Å². The summed E-state index contributed by atoms with van der Waals surface area (Å²) in [7, 11) is 1.49. The van der Waals surface area contributed by atoms with Gasteiger partial charge in [-0.15, -0.1) is 11.3 Å². The number of Topliss-reactive ketones (excluding diaryl/α,β-unsaturated/α-hetero) is 1. The highest BCUT2D eigenvalue weighted by Gasteiger charge is 2.28. The summed E-state index contributed by atoms with van der Waals surface area (Å²) in [6, 6.07) is 8.08. The topological polar surface area (TPSA) is 49.8 Å². The monoisotopic (exact) mass is 415 g/mol. The number of methoxy groups -OCH3 is 1. The van der Waals surface area contributed by atoms with Crippen molar-refractivity contribution in [2.45, 2.75) is 38.8 Å². The molecule has 0 amide bonds. The van der Waals surface area contributed by atoms with Crippen LogP contribution in [0, 0.1) is 23.6 Å². The summed E-state index contributed by atoms with van der Waals surface area (Å²) in [5, 5.41) is 9.73. The van der Waals surface area contributed by atoms with Crippen LogP contribution in [-0.4, -0.2) is 41.6 Å². The van der Waals surface area contributed by atoms with Gasteiger partial charge in [-0.2, -0.15) is 0 Å². The van der Waals surface area contributed by atoms with E-state index in [0.717, 1.165) is 30.8 Å². The number of thiophene rings is 1. The van der Waals surface area contributed by atoms with Crippen LogP contribution in [0.5, 0.6) is 5.75 Å². The maximum absolute atomic E-state index is 13.7. The highest BCUT2D eigenvalue weighted by atomic mass is 32.1. The number of benzene rings is 1. The molecule has 2 aromatic rings. The number of carbonyl (C=O) groups is 1. The number of aliphatic hydroxyl groups is 1. The number of rotatable bonds is 5. The number of hydrogen-bond acceptors (Lipinski definition) is 5. The van der Waals surface area contributed by atoms with E-state index in [1.807, 2.05) is 12.1 Å². The summed E-state index contributed by atoms with van der Waals surface area (Å²) in [5.74, 6) is 5.59. The molecule has 154 valence electrons. The fraction of sp³-hybridized carbons (Fsp3) is 0.435. The zero-order valence-corrected chi connectivity index (χ0v) is 17.8. The molecule has 29 heavy (non-hydrogen) atoms. The van der Waals surface area contributed by atoms with E-state index in [1.54, 1.807) is 25.2 Å². The Balaban J connectivity index is 1.67. The van der Waals surface area contributed by atoms with Crippen molar-refractivity contribution in [2.24, 2.45) is 5.92 Å². The largest absolute Gasteiger partial charge is 0.496 e. The van der Waals surface area contributed by atoms with Gasteiger partial charge in [0.15, 0.2) is 5.78 Å². The standard InChI is InChI=1S/C23H26FNO3S/c1-23(2,27)11-10-18-7-8-19(29-18)15-25-12-4-5-16(14-25)22(26)20-13-17(24)6-9-21(20)28-3/h6-9,13,16,27H,4-5,12,14-15H2,1-3H3/t16-/m1/s1. The molecule has 0 spiro atoms. The molecule has 1 aromatic carbocycles. The molecule has 0 bridgehead atoms. The van der Waals surface area contributed by atoms with Crippen LogP contribution in [0.25, 0.3) is 0 Å². The highest BCUT2D eigenvalue weighted by molar-refractivity contribution is 7.12. The van der Waals surface area contributed by atoms with E-state index in [2.05, 4.69) is 16.7 Å². The molecule has 1 aliphatic heterocycles. The fourth-order valence-corrected chi connectivity index (χ4v) is 4.37. The average Bonchev–Trinajstić information content (AvgIpc) is 3.13. The van der Waals surface area contributed by atoms with E-state index >= 15 is 0 Å². The number of ketones is 1. The van der Waals surface area contributed by atoms with Gasteiger partial charge in [-0.3, -0.25) is 9.69 Å². The number of likely N-dealkylation sites (tertiary alicyclic amines) is 1. The van der Waals surface area contributed by atoms with Crippen LogP contribution in [0.15, 0.2) is 30.3 Å². The zero-order chi connectivity index (χ0) is 21.0. The van der Waals surface area contributed by atoms with Crippen LogP contribution in [0.3, 0.4) is 0 Å². The fourth-order valence-electron chi connectivity index (χ4n) is 3.47. The minimum absolute atomic E-state index is 0.0611. The first kappa shape index (κ1) is 21.5. The van der Waals surface area contributed by atoms with Crippen molar-refractivity contribution in [2.75, 3.05) is 20.2 Å². The smallest absolute Gasteiger partial charge is 0.171 e. The van der Waals surface area contributed by atoms with Crippen LogP contribution in [0.1, 0.15) is 46.8 Å². The number of hydrogen-bond donors (Lipinski definition) is 1. The molecule has 1 saturated heterocycles. The first-order valence-electron chi connectivity index (χ1n) is 9.69. The van der Waals surface area contributed by atoms with E-state index in [-0.39, 0.29) is 11.7 Å². The Labute approximate surface area is 175 Å². The van der Waals surface area contributed by atoms with Gasteiger partial charge in [0.05, 0.1) is 17.6 Å². The Hall–Kier alpha value is -2.20. The highest BCUT2D eigenvalue weighted by Crippen LogP contribution is 2.28. The van der Waals surface area contributed by atoms with Crippen molar-refractivity contribution in [3.63, 3.8) is 0 Å². The normalized spacial score (nSPS) is 17.5. The number of ether oxygens (including phenoxy) is 1. The SMILES string of the molecule is COc1ccc(F)cc1C(=O)[C@@H]1CCCN(Cc2ccc(C#CC(C)(C)O)s2)C1. The van der Waals surface area contributed by atoms with Gasteiger partial charge in [0.1, 0.15) is 17.2 Å². The Morgan fingerprint density at radius 1 is 1.38 bits per heavy atom. The van der Waals surface area contributed by atoms with E-state index in [4.69, 9.17) is 4.74 Å². The molecule has 1 aromatic heterocycles. The number of nitrogens with zero attached hydrogens (tertiary/aromatic N) is 1. The van der Waals surface area contributed by atoms with Gasteiger partial charge in [0.25, 0.3) is 0 Å². The minimum atomic E-state index is -1.01. The summed E-state index contributed by atoms with van der Waals surface area (Å²) in [4.78, 5) is 17.3. The predicted molar refractivity (Wildman–Crippen MR) is 113 cm³/mol. The van der Waals surface area contributed by atoms with Crippen molar-refractivity contribution in [1.29, 1.82) is 0 Å². The van der Waals surface area contributed by atoms with E-state index in [1.165, 1.54) is 30.2 Å². The molecule has 1 atom stereocenters. The first-order chi connectivity index (χ1) is 13.7. The summed E-state index contributed by atoms with van der Waals surface area (Å²) in [6.07, 6.45) is 1.71. The lowest BCUT2D eigenvalue weighted by Crippen LogP contribution is -2.38. The minimum Gasteiger partial charge on any atom is -0.496 e. The Morgan fingerprint density at radius 2 is 2.17 bits per heavy atom. The maximum atomic E-state index is 13.7. The molecule has 0 aliphatic carbocycles. The molecule has 0 unspecified atom stereocenters. The van der Waals surface area contributed by atoms with Gasteiger partial charge < -0.3 is 9.84 Å². The van der Waals surface area contributed by atoms with E-state index < -0.39 is 11.4 Å². The quantitative estimate of drug-likeness (QED) is 0.590. The predicted octanol–water partition coefficient (Wildman–Crippen LogP) is 4.11. The van der Waals surface area contributed by atoms with Gasteiger partial charge in [-0.05, 0) is 63.6 Å². The third kappa shape index (κ3) is 5.89. The molecule has 1 aliphatic rings. The Bertz CT molecular complexity index is 936. The zero-order valence-electron chi connectivity index (χ0n) is 17.0. The number of carbonyl (C=O) groups excluding carboxylic acids is 1. The average molecular weight is 416 g/mol. The summed E-state index contributed by atoms with van der Waals surface area (Å²) in [5.41, 5.74) is -0.692. The van der Waals surface area contributed by atoms with Gasteiger partial charge in [-0.25, -0.2) is 4.39 Å². The van der Waals surface area contributed by atoms with Crippen LogP contribution < -0.4 is 4.74 Å². The molecule has 6 heteroatoms. The van der Waals surface area contributed by atoms with Gasteiger partial charge in [-0.1, -0.05) is 11.8 Å². The first-order valence-corrected chi connectivity index (χ1v) is 10.5. The van der Waals surface area contributed by atoms with Crippen molar-refractivity contribution < 1.29 is 19.0 Å². The molecule has 1 N–H and O–H groups in total. The van der Waals surface area contributed by atoms with Crippen molar-refractivity contribution >= 4 is 17.1 Å². The molecular formula is C23H26FNO3S. The Morgan fingerprint density at radius 3 is 2.90 bits per heavy atom.